The molecule has 0 unspecified atom stereocenters. The lowest BCUT2D eigenvalue weighted by atomic mass is 10.1. The number of anilines is 1. The molecule has 1 atom stereocenters. The minimum Gasteiger partial charge on any atom is -0.311 e. The zero-order valence-corrected chi connectivity index (χ0v) is 7.68. The van der Waals surface area contributed by atoms with Gasteiger partial charge >= 0.3 is 0 Å². The van der Waals surface area contributed by atoms with Crippen molar-refractivity contribution in [3.05, 3.63) is 30.3 Å². The van der Waals surface area contributed by atoms with Crippen molar-refractivity contribution >= 4 is 11.6 Å². The predicted octanol–water partition coefficient (Wildman–Crippen LogP) is 1.56. The summed E-state index contributed by atoms with van der Waals surface area (Å²) in [5, 5.41) is 8.70. The second-order valence-corrected chi connectivity index (χ2v) is 3.30. The van der Waals surface area contributed by atoms with Gasteiger partial charge in [-0.2, -0.15) is 5.26 Å². The maximum atomic E-state index is 11.6. The van der Waals surface area contributed by atoms with Crippen LogP contribution in [0, 0.1) is 17.2 Å². The maximum Gasteiger partial charge on any atom is 0.244 e. The van der Waals surface area contributed by atoms with Crippen molar-refractivity contribution in [3.8, 4) is 6.07 Å². The molecule has 0 aromatic heterocycles. The van der Waals surface area contributed by atoms with Gasteiger partial charge in [-0.05, 0) is 18.6 Å². The molecule has 0 saturated carbocycles. The quantitative estimate of drug-likeness (QED) is 0.668. The van der Waals surface area contributed by atoms with E-state index in [1.807, 2.05) is 36.4 Å². The first kappa shape index (κ1) is 8.76. The first-order chi connectivity index (χ1) is 6.83. The van der Waals surface area contributed by atoms with Crippen LogP contribution in [0.5, 0.6) is 0 Å². The molecule has 0 aliphatic carbocycles. The van der Waals surface area contributed by atoms with Gasteiger partial charge in [0.15, 0.2) is 0 Å². The SMILES string of the molecule is N#C[C@@H]1CCN(c2ccccc2)C1=O. The monoisotopic (exact) mass is 186 g/mol. The van der Waals surface area contributed by atoms with E-state index in [9.17, 15) is 4.79 Å². The van der Waals surface area contributed by atoms with Crippen molar-refractivity contribution in [1.29, 1.82) is 5.26 Å². The van der Waals surface area contributed by atoms with Crippen LogP contribution in [0.3, 0.4) is 0 Å². The lowest BCUT2D eigenvalue weighted by molar-refractivity contribution is -0.118. The van der Waals surface area contributed by atoms with Crippen molar-refractivity contribution in [1.82, 2.24) is 0 Å². The zero-order valence-electron chi connectivity index (χ0n) is 7.68. The van der Waals surface area contributed by atoms with E-state index in [-0.39, 0.29) is 5.91 Å². The fourth-order valence-corrected chi connectivity index (χ4v) is 1.66. The van der Waals surface area contributed by atoms with Crippen LogP contribution in [0.15, 0.2) is 30.3 Å². The molecule has 14 heavy (non-hydrogen) atoms. The summed E-state index contributed by atoms with van der Waals surface area (Å²) >= 11 is 0. The largest absolute Gasteiger partial charge is 0.311 e. The molecule has 3 heteroatoms. The van der Waals surface area contributed by atoms with E-state index >= 15 is 0 Å². The summed E-state index contributed by atoms with van der Waals surface area (Å²) in [5.41, 5.74) is 0.884. The number of carbonyl (C=O) groups is 1. The Morgan fingerprint density at radius 3 is 2.64 bits per heavy atom. The summed E-state index contributed by atoms with van der Waals surface area (Å²) in [4.78, 5) is 13.3. The standard InChI is InChI=1S/C11H10N2O/c12-8-9-6-7-13(11(9)14)10-4-2-1-3-5-10/h1-5,9H,6-7H2/t9-/m0/s1. The number of rotatable bonds is 1. The molecular formula is C11H10N2O. The summed E-state index contributed by atoms with van der Waals surface area (Å²) in [5.74, 6) is -0.520. The second-order valence-electron chi connectivity index (χ2n) is 3.30. The molecule has 1 heterocycles. The Kier molecular flexibility index (Phi) is 2.19. The van der Waals surface area contributed by atoms with Gasteiger partial charge in [-0.3, -0.25) is 4.79 Å². The van der Waals surface area contributed by atoms with Crippen molar-refractivity contribution < 1.29 is 4.79 Å². The molecule has 3 nitrogen and oxygen atoms in total. The Morgan fingerprint density at radius 2 is 2.07 bits per heavy atom. The Morgan fingerprint density at radius 1 is 1.36 bits per heavy atom. The molecule has 0 radical (unpaired) electrons. The number of hydrogen-bond donors (Lipinski definition) is 0. The first-order valence-corrected chi connectivity index (χ1v) is 4.59. The lowest BCUT2D eigenvalue weighted by Gasteiger charge is -2.15. The first-order valence-electron chi connectivity index (χ1n) is 4.59. The van der Waals surface area contributed by atoms with Crippen molar-refractivity contribution in [3.63, 3.8) is 0 Å². The van der Waals surface area contributed by atoms with E-state index < -0.39 is 5.92 Å². The summed E-state index contributed by atoms with van der Waals surface area (Å²) in [6, 6.07) is 11.5. The second kappa shape index (κ2) is 3.51. The highest BCUT2D eigenvalue weighted by Gasteiger charge is 2.32. The molecule has 1 fully saturated rings. The molecule has 1 aromatic rings. The molecule has 1 saturated heterocycles. The van der Waals surface area contributed by atoms with Crippen LogP contribution in [-0.4, -0.2) is 12.5 Å². The molecule has 1 aliphatic rings. The number of para-hydroxylation sites is 1. The van der Waals surface area contributed by atoms with Crippen LogP contribution in [-0.2, 0) is 4.79 Å². The van der Waals surface area contributed by atoms with Crippen molar-refractivity contribution in [2.24, 2.45) is 5.92 Å². The van der Waals surface area contributed by atoms with Gasteiger partial charge in [-0.15, -0.1) is 0 Å². The molecule has 1 aromatic carbocycles. The highest BCUT2D eigenvalue weighted by atomic mass is 16.2. The number of benzene rings is 1. The number of amides is 1. The third-order valence-corrected chi connectivity index (χ3v) is 2.43. The van der Waals surface area contributed by atoms with Crippen molar-refractivity contribution in [2.75, 3.05) is 11.4 Å². The average Bonchev–Trinajstić information content (AvgIpc) is 2.61. The zero-order chi connectivity index (χ0) is 9.97. The topological polar surface area (TPSA) is 44.1 Å². The normalized spacial score (nSPS) is 20.9. The van der Waals surface area contributed by atoms with Crippen LogP contribution in [0.25, 0.3) is 0 Å². The Balaban J connectivity index is 2.24. The smallest absolute Gasteiger partial charge is 0.244 e. The molecule has 2 rings (SSSR count). The lowest BCUT2D eigenvalue weighted by Crippen LogP contribution is -2.26. The molecule has 1 amide bonds. The van der Waals surface area contributed by atoms with Gasteiger partial charge in [-0.25, -0.2) is 0 Å². The van der Waals surface area contributed by atoms with Gasteiger partial charge in [0.25, 0.3) is 0 Å². The van der Waals surface area contributed by atoms with Crippen LogP contribution in [0.2, 0.25) is 0 Å². The molecule has 70 valence electrons. The van der Waals surface area contributed by atoms with Gasteiger partial charge in [0, 0.05) is 12.2 Å². The minimum absolute atomic E-state index is 0.0706. The van der Waals surface area contributed by atoms with Crippen LogP contribution in [0.1, 0.15) is 6.42 Å². The van der Waals surface area contributed by atoms with E-state index in [1.54, 1.807) is 4.90 Å². The number of hydrogen-bond acceptors (Lipinski definition) is 2. The Bertz CT molecular complexity index is 380. The van der Waals surface area contributed by atoms with E-state index in [0.29, 0.717) is 13.0 Å². The number of carbonyl (C=O) groups excluding carboxylic acids is 1. The Labute approximate surface area is 82.6 Å². The number of nitriles is 1. The van der Waals surface area contributed by atoms with Gasteiger partial charge in [0.2, 0.25) is 5.91 Å². The average molecular weight is 186 g/mol. The third-order valence-electron chi connectivity index (χ3n) is 2.43. The van der Waals surface area contributed by atoms with Gasteiger partial charge < -0.3 is 4.90 Å². The minimum atomic E-state index is -0.449. The summed E-state index contributed by atoms with van der Waals surface area (Å²) in [7, 11) is 0. The summed E-state index contributed by atoms with van der Waals surface area (Å²) in [6.45, 7) is 0.654. The molecular weight excluding hydrogens is 176 g/mol. The molecule has 0 N–H and O–H groups in total. The van der Waals surface area contributed by atoms with Gasteiger partial charge in [-0.1, -0.05) is 18.2 Å². The maximum absolute atomic E-state index is 11.6. The van der Waals surface area contributed by atoms with Crippen LogP contribution in [0.4, 0.5) is 5.69 Å². The van der Waals surface area contributed by atoms with Gasteiger partial charge in [0.05, 0.1) is 6.07 Å². The fourth-order valence-electron chi connectivity index (χ4n) is 1.66. The highest BCUT2D eigenvalue weighted by Crippen LogP contribution is 2.24. The van der Waals surface area contributed by atoms with Crippen LogP contribution < -0.4 is 4.90 Å². The van der Waals surface area contributed by atoms with E-state index in [4.69, 9.17) is 5.26 Å². The Hall–Kier alpha value is -1.82. The summed E-state index contributed by atoms with van der Waals surface area (Å²) < 4.78 is 0. The molecule has 0 bridgehead atoms. The van der Waals surface area contributed by atoms with E-state index in [1.165, 1.54) is 0 Å². The third kappa shape index (κ3) is 1.35. The number of nitrogens with zero attached hydrogens (tertiary/aromatic N) is 2. The summed E-state index contributed by atoms with van der Waals surface area (Å²) in [6.07, 6.45) is 0.643. The van der Waals surface area contributed by atoms with Crippen LogP contribution >= 0.6 is 0 Å². The fraction of sp³-hybridized carbons (Fsp3) is 0.273. The molecule has 0 spiro atoms. The van der Waals surface area contributed by atoms with E-state index in [0.717, 1.165) is 5.69 Å². The molecule has 1 aliphatic heterocycles. The van der Waals surface area contributed by atoms with E-state index in [2.05, 4.69) is 0 Å². The van der Waals surface area contributed by atoms with Crippen molar-refractivity contribution in [2.45, 2.75) is 6.42 Å². The predicted molar refractivity (Wildman–Crippen MR) is 52.5 cm³/mol. The highest BCUT2D eigenvalue weighted by molar-refractivity contribution is 5.98. The van der Waals surface area contributed by atoms with Gasteiger partial charge in [0.1, 0.15) is 5.92 Å².